The van der Waals surface area contributed by atoms with Crippen LogP contribution >= 0.6 is 0 Å². The van der Waals surface area contributed by atoms with Crippen LogP contribution in [0.15, 0.2) is 54.6 Å². The Morgan fingerprint density at radius 3 is 2.59 bits per heavy atom. The SMILES string of the molecule is CCCC(=O)NCCc1cccc(OCc2ccccc2)c1. The maximum absolute atomic E-state index is 11.4. The van der Waals surface area contributed by atoms with Crippen LogP contribution in [0.1, 0.15) is 30.9 Å². The lowest BCUT2D eigenvalue weighted by Gasteiger charge is -2.09. The number of ether oxygens (including phenoxy) is 1. The van der Waals surface area contributed by atoms with E-state index in [4.69, 9.17) is 4.74 Å². The molecule has 1 amide bonds. The Hall–Kier alpha value is -2.29. The summed E-state index contributed by atoms with van der Waals surface area (Å²) in [5.74, 6) is 0.986. The summed E-state index contributed by atoms with van der Waals surface area (Å²) in [6.07, 6.45) is 2.30. The molecule has 0 aliphatic heterocycles. The Bertz CT molecular complexity index is 581. The van der Waals surface area contributed by atoms with Crippen LogP contribution in [0.2, 0.25) is 0 Å². The molecule has 2 aromatic rings. The Morgan fingerprint density at radius 1 is 1.05 bits per heavy atom. The van der Waals surface area contributed by atoms with Gasteiger partial charge < -0.3 is 10.1 Å². The molecule has 0 unspecified atom stereocenters. The zero-order valence-corrected chi connectivity index (χ0v) is 13.0. The first-order valence-electron chi connectivity index (χ1n) is 7.80. The second-order valence-corrected chi connectivity index (χ2v) is 5.27. The van der Waals surface area contributed by atoms with Crippen molar-refractivity contribution in [1.82, 2.24) is 5.32 Å². The van der Waals surface area contributed by atoms with Gasteiger partial charge in [-0.1, -0.05) is 49.4 Å². The molecule has 0 atom stereocenters. The molecule has 2 aromatic carbocycles. The quantitative estimate of drug-likeness (QED) is 0.806. The normalized spacial score (nSPS) is 10.2. The summed E-state index contributed by atoms with van der Waals surface area (Å²) in [6.45, 7) is 3.24. The number of rotatable bonds is 8. The summed E-state index contributed by atoms with van der Waals surface area (Å²) in [4.78, 5) is 11.4. The van der Waals surface area contributed by atoms with E-state index in [-0.39, 0.29) is 5.91 Å². The van der Waals surface area contributed by atoms with E-state index in [1.165, 1.54) is 5.56 Å². The van der Waals surface area contributed by atoms with Crippen molar-refractivity contribution >= 4 is 5.91 Å². The number of carbonyl (C=O) groups excluding carboxylic acids is 1. The zero-order valence-electron chi connectivity index (χ0n) is 13.0. The minimum atomic E-state index is 0.124. The fraction of sp³-hybridized carbons (Fsp3) is 0.316. The second kappa shape index (κ2) is 8.88. The molecule has 0 aliphatic rings. The molecule has 3 heteroatoms. The van der Waals surface area contributed by atoms with E-state index in [1.54, 1.807) is 0 Å². The molecule has 2 rings (SSSR count). The molecule has 0 heterocycles. The molecule has 0 aliphatic carbocycles. The maximum atomic E-state index is 11.4. The standard InChI is InChI=1S/C19H23NO2/c1-2-7-19(21)20-13-12-16-10-6-11-18(14-16)22-15-17-8-4-3-5-9-17/h3-6,8-11,14H,2,7,12-13,15H2,1H3,(H,20,21). The van der Waals surface area contributed by atoms with Gasteiger partial charge in [0, 0.05) is 13.0 Å². The van der Waals surface area contributed by atoms with Crippen molar-refractivity contribution in [2.45, 2.75) is 32.8 Å². The van der Waals surface area contributed by atoms with Crippen molar-refractivity contribution in [3.63, 3.8) is 0 Å². The lowest BCUT2D eigenvalue weighted by molar-refractivity contribution is -0.121. The summed E-state index contributed by atoms with van der Waals surface area (Å²) in [5, 5.41) is 2.93. The summed E-state index contributed by atoms with van der Waals surface area (Å²) in [5.41, 5.74) is 2.32. The smallest absolute Gasteiger partial charge is 0.219 e. The molecule has 0 radical (unpaired) electrons. The van der Waals surface area contributed by atoms with E-state index >= 15 is 0 Å². The van der Waals surface area contributed by atoms with Gasteiger partial charge in [-0.2, -0.15) is 0 Å². The third-order valence-corrected chi connectivity index (χ3v) is 3.36. The van der Waals surface area contributed by atoms with Crippen LogP contribution in [0.5, 0.6) is 5.75 Å². The molecule has 0 bridgehead atoms. The number of amides is 1. The third kappa shape index (κ3) is 5.60. The van der Waals surface area contributed by atoms with Gasteiger partial charge in [-0.25, -0.2) is 0 Å². The van der Waals surface area contributed by atoms with E-state index in [2.05, 4.69) is 11.4 Å². The van der Waals surface area contributed by atoms with Crippen LogP contribution in [0.4, 0.5) is 0 Å². The minimum Gasteiger partial charge on any atom is -0.489 e. The molecule has 0 spiro atoms. The Morgan fingerprint density at radius 2 is 1.82 bits per heavy atom. The van der Waals surface area contributed by atoms with Crippen LogP contribution in [-0.2, 0) is 17.8 Å². The Labute approximate surface area is 132 Å². The minimum absolute atomic E-state index is 0.124. The predicted molar refractivity (Wildman–Crippen MR) is 88.8 cm³/mol. The average molecular weight is 297 g/mol. The van der Waals surface area contributed by atoms with E-state index in [9.17, 15) is 4.79 Å². The highest BCUT2D eigenvalue weighted by Crippen LogP contribution is 2.15. The van der Waals surface area contributed by atoms with Crippen LogP contribution in [0, 0.1) is 0 Å². The van der Waals surface area contributed by atoms with Gasteiger partial charge in [-0.3, -0.25) is 4.79 Å². The first kappa shape index (κ1) is 16.1. The van der Waals surface area contributed by atoms with Crippen molar-refractivity contribution in [3.8, 4) is 5.75 Å². The maximum Gasteiger partial charge on any atom is 0.219 e. The van der Waals surface area contributed by atoms with E-state index in [0.717, 1.165) is 24.2 Å². The summed E-state index contributed by atoms with van der Waals surface area (Å²) >= 11 is 0. The fourth-order valence-electron chi connectivity index (χ4n) is 2.19. The first-order valence-corrected chi connectivity index (χ1v) is 7.80. The van der Waals surface area contributed by atoms with E-state index < -0.39 is 0 Å². The number of nitrogens with one attached hydrogen (secondary N) is 1. The molecular formula is C19H23NO2. The second-order valence-electron chi connectivity index (χ2n) is 5.27. The largest absolute Gasteiger partial charge is 0.489 e. The lowest BCUT2D eigenvalue weighted by atomic mass is 10.1. The number of hydrogen-bond acceptors (Lipinski definition) is 2. The van der Waals surface area contributed by atoms with Gasteiger partial charge in [-0.05, 0) is 36.1 Å². The van der Waals surface area contributed by atoms with Gasteiger partial charge in [-0.15, -0.1) is 0 Å². The zero-order chi connectivity index (χ0) is 15.6. The van der Waals surface area contributed by atoms with Crippen molar-refractivity contribution < 1.29 is 9.53 Å². The summed E-state index contributed by atoms with van der Waals surface area (Å²) in [6, 6.07) is 18.2. The van der Waals surface area contributed by atoms with Crippen LogP contribution in [-0.4, -0.2) is 12.5 Å². The molecule has 0 aromatic heterocycles. The number of hydrogen-bond donors (Lipinski definition) is 1. The molecule has 22 heavy (non-hydrogen) atoms. The van der Waals surface area contributed by atoms with Crippen molar-refractivity contribution in [1.29, 1.82) is 0 Å². The van der Waals surface area contributed by atoms with Crippen LogP contribution < -0.4 is 10.1 Å². The lowest BCUT2D eigenvalue weighted by Crippen LogP contribution is -2.25. The van der Waals surface area contributed by atoms with Gasteiger partial charge >= 0.3 is 0 Å². The third-order valence-electron chi connectivity index (χ3n) is 3.36. The predicted octanol–water partition coefficient (Wildman–Crippen LogP) is 3.72. The van der Waals surface area contributed by atoms with Crippen molar-refractivity contribution in [3.05, 3.63) is 65.7 Å². The monoisotopic (exact) mass is 297 g/mol. The highest BCUT2D eigenvalue weighted by molar-refractivity contribution is 5.75. The van der Waals surface area contributed by atoms with Gasteiger partial charge in [0.1, 0.15) is 12.4 Å². The van der Waals surface area contributed by atoms with Gasteiger partial charge in [0.25, 0.3) is 0 Å². The Kier molecular flexibility index (Phi) is 6.49. The van der Waals surface area contributed by atoms with Gasteiger partial charge in [0.15, 0.2) is 0 Å². The van der Waals surface area contributed by atoms with Crippen LogP contribution in [0.3, 0.4) is 0 Å². The molecule has 0 saturated heterocycles. The average Bonchev–Trinajstić information content (AvgIpc) is 2.55. The van der Waals surface area contributed by atoms with E-state index in [1.807, 2.05) is 55.5 Å². The number of benzene rings is 2. The molecule has 0 fully saturated rings. The molecule has 0 saturated carbocycles. The highest BCUT2D eigenvalue weighted by atomic mass is 16.5. The molecule has 116 valence electrons. The van der Waals surface area contributed by atoms with Gasteiger partial charge in [0.2, 0.25) is 5.91 Å². The number of carbonyl (C=O) groups is 1. The topological polar surface area (TPSA) is 38.3 Å². The summed E-state index contributed by atoms with van der Waals surface area (Å²) in [7, 11) is 0. The van der Waals surface area contributed by atoms with E-state index in [0.29, 0.717) is 19.6 Å². The fourth-order valence-corrected chi connectivity index (χ4v) is 2.19. The van der Waals surface area contributed by atoms with Crippen molar-refractivity contribution in [2.24, 2.45) is 0 Å². The van der Waals surface area contributed by atoms with Crippen molar-refractivity contribution in [2.75, 3.05) is 6.54 Å². The highest BCUT2D eigenvalue weighted by Gasteiger charge is 2.01. The molecule has 1 N–H and O–H groups in total. The van der Waals surface area contributed by atoms with Crippen LogP contribution in [0.25, 0.3) is 0 Å². The summed E-state index contributed by atoms with van der Waals surface area (Å²) < 4.78 is 5.81. The first-order chi connectivity index (χ1) is 10.8. The van der Waals surface area contributed by atoms with Gasteiger partial charge in [0.05, 0.1) is 0 Å². The molecular weight excluding hydrogens is 274 g/mol. The molecule has 3 nitrogen and oxygen atoms in total. The Balaban J connectivity index is 1.81.